The highest BCUT2D eigenvalue weighted by atomic mass is 35.7. The lowest BCUT2D eigenvalue weighted by Crippen LogP contribution is -2.12. The van der Waals surface area contributed by atoms with Gasteiger partial charge in [-0.1, -0.05) is 30.3 Å². The Labute approximate surface area is 115 Å². The average Bonchev–Trinajstić information content (AvgIpc) is 2.39. The predicted octanol–water partition coefficient (Wildman–Crippen LogP) is 2.83. The van der Waals surface area contributed by atoms with Gasteiger partial charge in [-0.2, -0.15) is 0 Å². The van der Waals surface area contributed by atoms with Gasteiger partial charge in [-0.3, -0.25) is 0 Å². The number of esters is 1. The molecule has 2 rings (SSSR count). The normalized spacial score (nSPS) is 11.0. The van der Waals surface area contributed by atoms with Crippen LogP contribution in [0.1, 0.15) is 10.4 Å². The van der Waals surface area contributed by atoms with Crippen LogP contribution in [0.25, 0.3) is 0 Å². The van der Waals surface area contributed by atoms with Gasteiger partial charge in [-0.05, 0) is 24.3 Å². The molecule has 0 N–H and O–H groups in total. The van der Waals surface area contributed by atoms with E-state index in [1.165, 1.54) is 24.3 Å². The van der Waals surface area contributed by atoms with Crippen LogP contribution in [0.2, 0.25) is 0 Å². The maximum absolute atomic E-state index is 11.9. The summed E-state index contributed by atoms with van der Waals surface area (Å²) in [5.74, 6) is -0.444. The summed E-state index contributed by atoms with van der Waals surface area (Å²) in [6.07, 6.45) is 0. The molecule has 2 aromatic rings. The van der Waals surface area contributed by atoms with Gasteiger partial charge in [0, 0.05) is 10.7 Å². The number of carbonyl (C=O) groups excluding carboxylic acids is 1. The van der Waals surface area contributed by atoms with E-state index in [4.69, 9.17) is 15.4 Å². The Morgan fingerprint density at radius 1 is 0.947 bits per heavy atom. The van der Waals surface area contributed by atoms with E-state index in [-0.39, 0.29) is 10.5 Å². The molecule has 0 aliphatic rings. The molecule has 0 amide bonds. The molecule has 0 aliphatic heterocycles. The van der Waals surface area contributed by atoms with Gasteiger partial charge in [-0.25, -0.2) is 13.2 Å². The van der Waals surface area contributed by atoms with Crippen LogP contribution in [-0.4, -0.2) is 14.4 Å². The molecule has 0 bridgehead atoms. The van der Waals surface area contributed by atoms with Gasteiger partial charge in [0.25, 0.3) is 9.05 Å². The van der Waals surface area contributed by atoms with E-state index in [0.29, 0.717) is 5.75 Å². The number of hydrogen-bond donors (Lipinski definition) is 0. The van der Waals surface area contributed by atoms with Crippen LogP contribution in [0.3, 0.4) is 0 Å². The average molecular weight is 297 g/mol. The standard InChI is InChI=1S/C13H9ClO4S/c14-19(16,17)12-9-5-4-8-11(12)13(15)18-10-6-2-1-3-7-10/h1-9H. The van der Waals surface area contributed by atoms with E-state index in [0.717, 1.165) is 0 Å². The number of ether oxygens (including phenoxy) is 1. The molecule has 0 unspecified atom stereocenters. The quantitative estimate of drug-likeness (QED) is 0.496. The van der Waals surface area contributed by atoms with E-state index in [1.807, 2.05) is 0 Å². The Morgan fingerprint density at radius 2 is 1.53 bits per heavy atom. The van der Waals surface area contributed by atoms with Crippen molar-refractivity contribution >= 4 is 25.7 Å². The topological polar surface area (TPSA) is 60.4 Å². The Morgan fingerprint density at radius 3 is 2.16 bits per heavy atom. The van der Waals surface area contributed by atoms with Crippen LogP contribution < -0.4 is 4.74 Å². The van der Waals surface area contributed by atoms with Crippen LogP contribution >= 0.6 is 10.7 Å². The molecule has 0 aliphatic carbocycles. The van der Waals surface area contributed by atoms with Gasteiger partial charge in [0.2, 0.25) is 0 Å². The third-order valence-electron chi connectivity index (χ3n) is 2.32. The van der Waals surface area contributed by atoms with Crippen LogP contribution in [-0.2, 0) is 9.05 Å². The second-order valence-electron chi connectivity index (χ2n) is 3.64. The molecule has 6 heteroatoms. The molecule has 0 heterocycles. The van der Waals surface area contributed by atoms with E-state index in [2.05, 4.69) is 0 Å². The first-order chi connectivity index (χ1) is 8.98. The predicted molar refractivity (Wildman–Crippen MR) is 70.9 cm³/mol. The molecule has 0 saturated carbocycles. The number of benzene rings is 2. The molecular weight excluding hydrogens is 288 g/mol. The van der Waals surface area contributed by atoms with Crippen molar-refractivity contribution in [1.29, 1.82) is 0 Å². The highest BCUT2D eigenvalue weighted by molar-refractivity contribution is 8.13. The lowest BCUT2D eigenvalue weighted by atomic mass is 10.2. The van der Waals surface area contributed by atoms with Crippen molar-refractivity contribution in [2.45, 2.75) is 4.90 Å². The lowest BCUT2D eigenvalue weighted by molar-refractivity contribution is 0.0731. The van der Waals surface area contributed by atoms with Crippen molar-refractivity contribution < 1.29 is 17.9 Å². The first-order valence-electron chi connectivity index (χ1n) is 5.29. The van der Waals surface area contributed by atoms with E-state index in [1.54, 1.807) is 30.3 Å². The fraction of sp³-hybridized carbons (Fsp3) is 0. The van der Waals surface area contributed by atoms with E-state index >= 15 is 0 Å². The minimum atomic E-state index is -4.00. The fourth-order valence-electron chi connectivity index (χ4n) is 1.50. The van der Waals surface area contributed by atoms with E-state index in [9.17, 15) is 13.2 Å². The van der Waals surface area contributed by atoms with Crippen LogP contribution in [0.4, 0.5) is 0 Å². The third-order valence-corrected chi connectivity index (χ3v) is 3.70. The smallest absolute Gasteiger partial charge is 0.344 e. The summed E-state index contributed by atoms with van der Waals surface area (Å²) < 4.78 is 27.8. The molecule has 19 heavy (non-hydrogen) atoms. The van der Waals surface area contributed by atoms with Crippen LogP contribution in [0, 0.1) is 0 Å². The van der Waals surface area contributed by atoms with Crippen molar-refractivity contribution in [1.82, 2.24) is 0 Å². The monoisotopic (exact) mass is 296 g/mol. The molecule has 4 nitrogen and oxygen atoms in total. The molecule has 0 spiro atoms. The Balaban J connectivity index is 2.35. The lowest BCUT2D eigenvalue weighted by Gasteiger charge is -2.06. The van der Waals surface area contributed by atoms with Gasteiger partial charge >= 0.3 is 5.97 Å². The summed E-state index contributed by atoms with van der Waals surface area (Å²) in [5, 5.41) is 0. The second kappa shape index (κ2) is 5.42. The van der Waals surface area contributed by atoms with E-state index < -0.39 is 15.0 Å². The largest absolute Gasteiger partial charge is 0.423 e. The van der Waals surface area contributed by atoms with Crippen LogP contribution in [0.15, 0.2) is 59.5 Å². The van der Waals surface area contributed by atoms with Crippen molar-refractivity contribution in [3.05, 3.63) is 60.2 Å². The van der Waals surface area contributed by atoms with Crippen molar-refractivity contribution in [2.24, 2.45) is 0 Å². The van der Waals surface area contributed by atoms with Crippen LogP contribution in [0.5, 0.6) is 5.75 Å². The molecule has 0 radical (unpaired) electrons. The first-order valence-corrected chi connectivity index (χ1v) is 7.60. The summed E-state index contributed by atoms with van der Waals surface area (Å²) in [5.41, 5.74) is -0.0960. The zero-order chi connectivity index (χ0) is 13.9. The zero-order valence-electron chi connectivity index (χ0n) is 9.62. The molecule has 0 atom stereocenters. The Kier molecular flexibility index (Phi) is 3.87. The van der Waals surface area contributed by atoms with Gasteiger partial charge in [-0.15, -0.1) is 0 Å². The maximum atomic E-state index is 11.9. The van der Waals surface area contributed by atoms with Gasteiger partial charge in [0.15, 0.2) is 0 Å². The number of rotatable bonds is 3. The highest BCUT2D eigenvalue weighted by Gasteiger charge is 2.21. The minimum absolute atomic E-state index is 0.0960. The number of hydrogen-bond acceptors (Lipinski definition) is 4. The molecule has 0 fully saturated rings. The number of carbonyl (C=O) groups is 1. The Hall–Kier alpha value is -1.85. The number of para-hydroxylation sites is 1. The van der Waals surface area contributed by atoms with Crippen molar-refractivity contribution in [2.75, 3.05) is 0 Å². The summed E-state index contributed by atoms with van der Waals surface area (Å²) >= 11 is 0. The first kappa shape index (κ1) is 13.6. The van der Waals surface area contributed by atoms with Crippen molar-refractivity contribution in [3.63, 3.8) is 0 Å². The molecular formula is C13H9ClO4S. The summed E-state index contributed by atoms with van der Waals surface area (Å²) in [6.45, 7) is 0. The minimum Gasteiger partial charge on any atom is -0.423 e. The SMILES string of the molecule is O=C(Oc1ccccc1)c1ccccc1S(=O)(=O)Cl. The van der Waals surface area contributed by atoms with Crippen molar-refractivity contribution in [3.8, 4) is 5.75 Å². The molecule has 0 saturated heterocycles. The number of halogens is 1. The maximum Gasteiger partial charge on any atom is 0.344 e. The molecule has 2 aromatic carbocycles. The summed E-state index contributed by atoms with van der Waals surface area (Å²) in [6, 6.07) is 14.0. The zero-order valence-corrected chi connectivity index (χ0v) is 11.2. The fourth-order valence-corrected chi connectivity index (χ4v) is 2.56. The highest BCUT2D eigenvalue weighted by Crippen LogP contribution is 2.21. The Bertz CT molecular complexity index is 696. The van der Waals surface area contributed by atoms with Gasteiger partial charge in [0.05, 0.1) is 10.5 Å². The third kappa shape index (κ3) is 3.33. The molecule has 0 aromatic heterocycles. The summed E-state index contributed by atoms with van der Waals surface area (Å²) in [4.78, 5) is 11.7. The van der Waals surface area contributed by atoms with Gasteiger partial charge in [0.1, 0.15) is 5.75 Å². The van der Waals surface area contributed by atoms with Gasteiger partial charge < -0.3 is 4.74 Å². The molecule has 98 valence electrons. The second-order valence-corrected chi connectivity index (χ2v) is 6.17. The summed E-state index contributed by atoms with van der Waals surface area (Å²) in [7, 11) is 1.28.